The van der Waals surface area contributed by atoms with E-state index in [0.717, 1.165) is 92.2 Å². The number of methoxy groups -OCH3 is 2. The van der Waals surface area contributed by atoms with Gasteiger partial charge < -0.3 is 40.5 Å². The molecule has 0 bridgehead atoms. The summed E-state index contributed by atoms with van der Waals surface area (Å²) in [5.41, 5.74) is 4.90. The number of anilines is 6. The molecule has 5 rings (SSSR count). The third-order valence-corrected chi connectivity index (χ3v) is 6.81. The predicted octanol–water partition coefficient (Wildman–Crippen LogP) is 3.11. The molecule has 2 aliphatic rings. The van der Waals surface area contributed by atoms with E-state index in [9.17, 15) is 0 Å². The number of hydrogen-bond acceptors (Lipinski definition) is 10. The van der Waals surface area contributed by atoms with E-state index in [-0.39, 0.29) is 0 Å². The molecule has 0 aliphatic carbocycles. The summed E-state index contributed by atoms with van der Waals surface area (Å²) in [4.78, 5) is 14.0. The maximum atomic E-state index is 5.72. The quantitative estimate of drug-likeness (QED) is 0.366. The maximum Gasteiger partial charge on any atom is 0.229 e. The molecule has 0 radical (unpaired) electrons. The minimum atomic E-state index is 0.484. The van der Waals surface area contributed by atoms with Gasteiger partial charge in [-0.3, -0.25) is 0 Å². The van der Waals surface area contributed by atoms with Gasteiger partial charge in [0, 0.05) is 87.6 Å². The number of aromatic nitrogens is 2. The minimum Gasteiger partial charge on any atom is -0.494 e. The smallest absolute Gasteiger partial charge is 0.229 e. The van der Waals surface area contributed by atoms with Crippen LogP contribution in [0.1, 0.15) is 5.56 Å². The Bertz CT molecular complexity index is 1210. The van der Waals surface area contributed by atoms with Gasteiger partial charge in [0.15, 0.2) is 0 Å². The fourth-order valence-corrected chi connectivity index (χ4v) is 4.68. The molecule has 0 amide bonds. The zero-order chi connectivity index (χ0) is 25.6. The molecule has 0 spiro atoms. The zero-order valence-corrected chi connectivity index (χ0v) is 21.8. The van der Waals surface area contributed by atoms with E-state index in [2.05, 4.69) is 60.3 Å². The van der Waals surface area contributed by atoms with Crippen LogP contribution in [0.5, 0.6) is 11.5 Å². The van der Waals surface area contributed by atoms with Crippen LogP contribution in [0.15, 0.2) is 42.6 Å². The van der Waals surface area contributed by atoms with Gasteiger partial charge in [-0.15, -0.1) is 0 Å². The second-order valence-corrected chi connectivity index (χ2v) is 9.22. The topological polar surface area (TPSA) is 98.8 Å². The van der Waals surface area contributed by atoms with E-state index in [4.69, 9.17) is 14.5 Å². The largest absolute Gasteiger partial charge is 0.494 e. The summed E-state index contributed by atoms with van der Waals surface area (Å²) in [7, 11) is 3.37. The monoisotopic (exact) mass is 504 g/mol. The molecule has 0 atom stereocenters. The lowest BCUT2D eigenvalue weighted by Gasteiger charge is -2.30. The highest BCUT2D eigenvalue weighted by molar-refractivity contribution is 5.72. The van der Waals surface area contributed by atoms with Gasteiger partial charge in [0.05, 0.1) is 25.6 Å². The molecule has 2 saturated heterocycles. The van der Waals surface area contributed by atoms with Gasteiger partial charge in [-0.25, -0.2) is 4.98 Å². The van der Waals surface area contributed by atoms with Gasteiger partial charge >= 0.3 is 0 Å². The number of nitrogens with zero attached hydrogens (tertiary/aromatic N) is 4. The number of hydrogen-bond donors (Lipinski definition) is 4. The molecule has 37 heavy (non-hydrogen) atoms. The van der Waals surface area contributed by atoms with Gasteiger partial charge in [-0.1, -0.05) is 0 Å². The molecule has 10 nitrogen and oxygen atoms in total. The normalized spacial score (nSPS) is 15.9. The highest BCUT2D eigenvalue weighted by Crippen LogP contribution is 2.34. The van der Waals surface area contributed by atoms with E-state index in [1.807, 2.05) is 19.1 Å². The molecular weight excluding hydrogens is 468 g/mol. The van der Waals surface area contributed by atoms with Crippen LogP contribution < -0.4 is 40.5 Å². The Morgan fingerprint density at radius 3 is 1.78 bits per heavy atom. The van der Waals surface area contributed by atoms with Crippen molar-refractivity contribution in [1.82, 2.24) is 20.6 Å². The van der Waals surface area contributed by atoms with Crippen LogP contribution in [0.2, 0.25) is 0 Å². The van der Waals surface area contributed by atoms with Gasteiger partial charge in [0.25, 0.3) is 0 Å². The van der Waals surface area contributed by atoms with Crippen LogP contribution in [0.25, 0.3) is 0 Å². The summed E-state index contributed by atoms with van der Waals surface area (Å²) in [6.45, 7) is 9.85. The highest BCUT2D eigenvalue weighted by atomic mass is 16.5. The number of aryl methyl sites for hydroxylation is 1. The van der Waals surface area contributed by atoms with Crippen molar-refractivity contribution in [3.05, 3.63) is 48.2 Å². The molecule has 0 unspecified atom stereocenters. The second kappa shape index (κ2) is 11.5. The first-order valence-electron chi connectivity index (χ1n) is 12.8. The van der Waals surface area contributed by atoms with Crippen LogP contribution in [0.4, 0.5) is 34.5 Å². The SMILES string of the molecule is COc1cc(N2CCNCC2)ccc1Nc1ncc(C)c(Nc2ccc(N3CCNCC3)cc2OC)n1. The summed E-state index contributed by atoms with van der Waals surface area (Å²) < 4.78 is 11.4. The molecule has 2 aromatic carbocycles. The van der Waals surface area contributed by atoms with E-state index >= 15 is 0 Å². The van der Waals surface area contributed by atoms with Crippen molar-refractivity contribution in [3.8, 4) is 11.5 Å². The lowest BCUT2D eigenvalue weighted by molar-refractivity contribution is 0.416. The number of rotatable bonds is 8. The van der Waals surface area contributed by atoms with Gasteiger partial charge in [-0.05, 0) is 31.2 Å². The van der Waals surface area contributed by atoms with Crippen molar-refractivity contribution in [2.75, 3.05) is 87.0 Å². The van der Waals surface area contributed by atoms with Gasteiger partial charge in [0.2, 0.25) is 5.95 Å². The number of benzene rings is 2. The number of ether oxygens (including phenoxy) is 2. The predicted molar refractivity (Wildman–Crippen MR) is 149 cm³/mol. The molecule has 4 N–H and O–H groups in total. The van der Waals surface area contributed by atoms with Gasteiger partial charge in [0.1, 0.15) is 17.3 Å². The molecule has 2 fully saturated rings. The van der Waals surface area contributed by atoms with Crippen LogP contribution in [0, 0.1) is 6.92 Å². The maximum absolute atomic E-state index is 5.72. The molecule has 10 heteroatoms. The highest BCUT2D eigenvalue weighted by Gasteiger charge is 2.16. The third kappa shape index (κ3) is 5.81. The fraction of sp³-hybridized carbons (Fsp3) is 0.407. The molecule has 0 saturated carbocycles. The number of nitrogens with one attached hydrogen (secondary N) is 4. The number of piperazine rings is 2. The minimum absolute atomic E-state index is 0.484. The van der Waals surface area contributed by atoms with Crippen LogP contribution in [-0.2, 0) is 0 Å². The first kappa shape index (κ1) is 24.9. The van der Waals surface area contributed by atoms with Crippen molar-refractivity contribution >= 4 is 34.5 Å². The molecule has 3 heterocycles. The van der Waals surface area contributed by atoms with E-state index in [1.165, 1.54) is 0 Å². The molecule has 3 aromatic rings. The van der Waals surface area contributed by atoms with Crippen molar-refractivity contribution in [2.45, 2.75) is 6.92 Å². The summed E-state index contributed by atoms with van der Waals surface area (Å²) >= 11 is 0. The summed E-state index contributed by atoms with van der Waals surface area (Å²) in [6, 6.07) is 12.4. The standard InChI is InChI=1S/C27H36N8O2/c1-19-18-30-27(32-23-7-5-21(17-25(23)37-3)35-14-10-29-11-15-35)33-26(19)31-22-6-4-20(16-24(22)36-2)34-12-8-28-9-13-34/h4-7,16-18,28-29H,8-15H2,1-3H3,(H2,30,31,32,33). The second-order valence-electron chi connectivity index (χ2n) is 9.22. The summed E-state index contributed by atoms with van der Waals surface area (Å²) in [5, 5.41) is 13.5. The average molecular weight is 505 g/mol. The molecular formula is C27H36N8O2. The van der Waals surface area contributed by atoms with E-state index in [1.54, 1.807) is 20.4 Å². The molecule has 196 valence electrons. The van der Waals surface area contributed by atoms with Crippen LogP contribution >= 0.6 is 0 Å². The van der Waals surface area contributed by atoms with Crippen LogP contribution in [-0.4, -0.2) is 76.5 Å². The Labute approximate surface area is 218 Å². The first-order chi connectivity index (χ1) is 18.1. The Balaban J connectivity index is 1.34. The van der Waals surface area contributed by atoms with Crippen molar-refractivity contribution in [1.29, 1.82) is 0 Å². The van der Waals surface area contributed by atoms with Crippen molar-refractivity contribution in [3.63, 3.8) is 0 Å². The van der Waals surface area contributed by atoms with E-state index in [0.29, 0.717) is 11.8 Å². The Hall–Kier alpha value is -3.76. The van der Waals surface area contributed by atoms with Gasteiger partial charge in [-0.2, -0.15) is 4.98 Å². The van der Waals surface area contributed by atoms with Crippen molar-refractivity contribution in [2.24, 2.45) is 0 Å². The average Bonchev–Trinajstić information content (AvgIpc) is 2.96. The lowest BCUT2D eigenvalue weighted by Crippen LogP contribution is -2.43. The Morgan fingerprint density at radius 2 is 1.27 bits per heavy atom. The molecule has 1 aromatic heterocycles. The van der Waals surface area contributed by atoms with Crippen LogP contribution in [0.3, 0.4) is 0 Å². The van der Waals surface area contributed by atoms with E-state index < -0.39 is 0 Å². The summed E-state index contributed by atoms with van der Waals surface area (Å²) in [5.74, 6) is 2.72. The lowest BCUT2D eigenvalue weighted by atomic mass is 10.2. The first-order valence-corrected chi connectivity index (χ1v) is 12.8. The zero-order valence-electron chi connectivity index (χ0n) is 21.8. The molecule has 2 aliphatic heterocycles. The third-order valence-electron chi connectivity index (χ3n) is 6.81. The summed E-state index contributed by atoms with van der Waals surface area (Å²) in [6.07, 6.45) is 1.81. The Morgan fingerprint density at radius 1 is 0.757 bits per heavy atom. The van der Waals surface area contributed by atoms with Crippen molar-refractivity contribution < 1.29 is 9.47 Å². The fourth-order valence-electron chi connectivity index (χ4n) is 4.68. The Kier molecular flexibility index (Phi) is 7.76.